The van der Waals surface area contributed by atoms with E-state index in [4.69, 9.17) is 0 Å². The van der Waals surface area contributed by atoms with Crippen molar-refractivity contribution in [2.24, 2.45) is 0 Å². The van der Waals surface area contributed by atoms with Crippen LogP contribution in [0.5, 0.6) is 0 Å². The molecule has 0 unspecified atom stereocenters. The van der Waals surface area contributed by atoms with Crippen LogP contribution in [-0.4, -0.2) is 41.5 Å². The van der Waals surface area contributed by atoms with Crippen molar-refractivity contribution in [2.45, 2.75) is 31.7 Å². The number of hydrogen-bond acceptors (Lipinski definition) is 3. The number of fused-ring (bicyclic) bond motifs is 1. The normalized spacial score (nSPS) is 22.1. The van der Waals surface area contributed by atoms with E-state index < -0.39 is 0 Å². The third-order valence-corrected chi connectivity index (χ3v) is 4.97. The average Bonchev–Trinajstić information content (AvgIpc) is 3.00. The van der Waals surface area contributed by atoms with Crippen LogP contribution >= 0.6 is 0 Å². The number of pyridine rings is 1. The van der Waals surface area contributed by atoms with Gasteiger partial charge in [-0.3, -0.25) is 9.78 Å². The first kappa shape index (κ1) is 14.4. The Kier molecular flexibility index (Phi) is 3.63. The number of halogens is 1. The molecule has 2 aliphatic heterocycles. The lowest BCUT2D eigenvalue weighted by Crippen LogP contribution is -2.48. The van der Waals surface area contributed by atoms with E-state index in [0.29, 0.717) is 23.9 Å². The van der Waals surface area contributed by atoms with E-state index in [1.54, 1.807) is 12.3 Å². The molecule has 0 spiro atoms. The van der Waals surface area contributed by atoms with E-state index in [-0.39, 0.29) is 5.82 Å². The second-order valence-electron chi connectivity index (χ2n) is 6.42. The molecule has 3 heterocycles. The minimum atomic E-state index is -0.263. The summed E-state index contributed by atoms with van der Waals surface area (Å²) in [5.41, 5.74) is 1.77. The van der Waals surface area contributed by atoms with Crippen LogP contribution in [0, 0.1) is 5.82 Å². The number of piperidine rings is 1. The zero-order chi connectivity index (χ0) is 15.8. The van der Waals surface area contributed by atoms with E-state index in [0.717, 1.165) is 50.0 Å². The Morgan fingerprint density at radius 1 is 1.17 bits per heavy atom. The molecular weight excluding hydrogens is 293 g/mol. The van der Waals surface area contributed by atoms with Gasteiger partial charge < -0.3 is 9.80 Å². The van der Waals surface area contributed by atoms with Gasteiger partial charge in [-0.05, 0) is 37.5 Å². The Bertz CT molecular complexity index is 748. The summed E-state index contributed by atoms with van der Waals surface area (Å²) in [6, 6.07) is 7.05. The molecule has 23 heavy (non-hydrogen) atoms. The van der Waals surface area contributed by atoms with Crippen LogP contribution in [0.15, 0.2) is 30.5 Å². The molecule has 1 atom stereocenters. The van der Waals surface area contributed by atoms with Gasteiger partial charge in [-0.25, -0.2) is 4.39 Å². The number of carbonyl (C=O) groups excluding carboxylic acids is 1. The molecule has 2 saturated heterocycles. The molecule has 0 aliphatic carbocycles. The van der Waals surface area contributed by atoms with Gasteiger partial charge in [-0.15, -0.1) is 0 Å². The van der Waals surface area contributed by atoms with Crippen molar-refractivity contribution in [3.05, 3.63) is 36.3 Å². The molecule has 0 saturated carbocycles. The highest BCUT2D eigenvalue weighted by atomic mass is 19.1. The van der Waals surface area contributed by atoms with Crippen LogP contribution in [0.2, 0.25) is 0 Å². The third kappa shape index (κ3) is 2.64. The number of likely N-dealkylation sites (tertiary alicyclic amines) is 1. The van der Waals surface area contributed by atoms with Gasteiger partial charge in [-0.2, -0.15) is 0 Å². The van der Waals surface area contributed by atoms with Crippen molar-refractivity contribution in [3.63, 3.8) is 0 Å². The first-order valence-electron chi connectivity index (χ1n) is 8.31. The van der Waals surface area contributed by atoms with E-state index in [1.165, 1.54) is 12.1 Å². The maximum absolute atomic E-state index is 13.4. The minimum absolute atomic E-state index is 0.263. The molecule has 4 nitrogen and oxygen atoms in total. The number of hydrogen-bond donors (Lipinski definition) is 0. The number of nitrogens with zero attached hydrogens (tertiary/aromatic N) is 3. The predicted octanol–water partition coefficient (Wildman–Crippen LogP) is 2.97. The molecule has 2 fully saturated rings. The number of aromatic nitrogens is 1. The Morgan fingerprint density at radius 3 is 2.91 bits per heavy atom. The third-order valence-electron chi connectivity index (χ3n) is 4.97. The van der Waals surface area contributed by atoms with Crippen LogP contribution in [0.4, 0.5) is 10.1 Å². The van der Waals surface area contributed by atoms with Crippen molar-refractivity contribution in [3.8, 4) is 0 Å². The Labute approximate surface area is 134 Å². The van der Waals surface area contributed by atoms with Gasteiger partial charge in [0.2, 0.25) is 5.91 Å². The summed E-state index contributed by atoms with van der Waals surface area (Å²) in [5, 5.41) is 0.974. The molecule has 1 amide bonds. The van der Waals surface area contributed by atoms with Crippen LogP contribution in [0.1, 0.15) is 25.7 Å². The molecule has 1 aromatic carbocycles. The van der Waals surface area contributed by atoms with Crippen molar-refractivity contribution >= 4 is 22.5 Å². The molecule has 5 heteroatoms. The molecule has 1 aromatic heterocycles. The highest BCUT2D eigenvalue weighted by Gasteiger charge is 2.31. The molecule has 0 bridgehead atoms. The lowest BCUT2D eigenvalue weighted by Gasteiger charge is -2.39. The summed E-state index contributed by atoms with van der Waals surface area (Å²) in [4.78, 5) is 20.7. The smallest absolute Gasteiger partial charge is 0.222 e. The topological polar surface area (TPSA) is 36.4 Å². The van der Waals surface area contributed by atoms with Crippen molar-refractivity contribution < 1.29 is 9.18 Å². The predicted molar refractivity (Wildman–Crippen MR) is 87.9 cm³/mol. The van der Waals surface area contributed by atoms with Crippen molar-refractivity contribution in [2.75, 3.05) is 24.5 Å². The van der Waals surface area contributed by atoms with Gasteiger partial charge >= 0.3 is 0 Å². The number of amides is 1. The van der Waals surface area contributed by atoms with Gasteiger partial charge in [0, 0.05) is 55.4 Å². The zero-order valence-electron chi connectivity index (χ0n) is 13.0. The van der Waals surface area contributed by atoms with Crippen LogP contribution in [0.25, 0.3) is 10.9 Å². The summed E-state index contributed by atoms with van der Waals surface area (Å²) in [6.45, 7) is 2.71. The van der Waals surface area contributed by atoms with Gasteiger partial charge in [0.05, 0.1) is 5.52 Å². The number of rotatable bonds is 2. The van der Waals surface area contributed by atoms with E-state index in [1.807, 2.05) is 6.07 Å². The number of anilines is 1. The van der Waals surface area contributed by atoms with E-state index in [9.17, 15) is 9.18 Å². The van der Waals surface area contributed by atoms with E-state index >= 15 is 0 Å². The highest BCUT2D eigenvalue weighted by molar-refractivity contribution is 5.91. The fourth-order valence-corrected chi connectivity index (χ4v) is 3.86. The quantitative estimate of drug-likeness (QED) is 0.855. The first-order valence-corrected chi connectivity index (χ1v) is 8.31. The lowest BCUT2D eigenvalue weighted by molar-refractivity contribution is -0.129. The largest absolute Gasteiger partial charge is 0.369 e. The molecular formula is C18H20FN3O. The molecule has 0 radical (unpaired) electrons. The zero-order valence-corrected chi connectivity index (χ0v) is 13.0. The molecule has 2 aliphatic rings. The minimum Gasteiger partial charge on any atom is -0.369 e. The summed E-state index contributed by atoms with van der Waals surface area (Å²) in [6.07, 6.45) is 5.54. The molecule has 0 N–H and O–H groups in total. The van der Waals surface area contributed by atoms with Crippen molar-refractivity contribution in [1.82, 2.24) is 9.88 Å². The first-order chi connectivity index (χ1) is 11.2. The van der Waals surface area contributed by atoms with Crippen molar-refractivity contribution in [1.29, 1.82) is 0 Å². The van der Waals surface area contributed by atoms with Crippen LogP contribution in [-0.2, 0) is 4.79 Å². The highest BCUT2D eigenvalue weighted by Crippen LogP contribution is 2.30. The summed E-state index contributed by atoms with van der Waals surface area (Å²) < 4.78 is 13.4. The van der Waals surface area contributed by atoms with Crippen LogP contribution in [0.3, 0.4) is 0 Å². The second kappa shape index (κ2) is 5.80. The Hall–Kier alpha value is -2.17. The Balaban J connectivity index is 1.64. The van der Waals surface area contributed by atoms with Gasteiger partial charge in [0.1, 0.15) is 5.82 Å². The molecule has 4 rings (SSSR count). The Morgan fingerprint density at radius 2 is 2.09 bits per heavy atom. The standard InChI is InChI=1S/C18H20FN3O/c19-13-5-6-15-16(11-13)20-8-7-17(15)21-9-1-3-14(12-21)22-10-2-4-18(22)23/h5-8,11,14H,1-4,9-10,12H2/t14-/m0/s1. The second-order valence-corrected chi connectivity index (χ2v) is 6.42. The van der Waals surface area contributed by atoms with Gasteiger partial charge in [-0.1, -0.05) is 0 Å². The lowest BCUT2D eigenvalue weighted by atomic mass is 10.0. The maximum Gasteiger partial charge on any atom is 0.222 e. The van der Waals surface area contributed by atoms with Gasteiger partial charge in [0.25, 0.3) is 0 Å². The number of benzene rings is 1. The van der Waals surface area contributed by atoms with Gasteiger partial charge in [0.15, 0.2) is 0 Å². The fraction of sp³-hybridized carbons (Fsp3) is 0.444. The average molecular weight is 313 g/mol. The number of carbonyl (C=O) groups is 1. The SMILES string of the molecule is O=C1CCCN1[C@H]1CCCN(c2ccnc3cc(F)ccc23)C1. The van der Waals surface area contributed by atoms with E-state index in [2.05, 4.69) is 14.8 Å². The van der Waals surface area contributed by atoms with Crippen LogP contribution < -0.4 is 4.90 Å². The summed E-state index contributed by atoms with van der Waals surface area (Å²) >= 11 is 0. The fourth-order valence-electron chi connectivity index (χ4n) is 3.86. The maximum atomic E-state index is 13.4. The summed E-state index contributed by atoms with van der Waals surface area (Å²) in [7, 11) is 0. The monoisotopic (exact) mass is 313 g/mol. The molecule has 120 valence electrons. The summed E-state index contributed by atoms with van der Waals surface area (Å²) in [5.74, 6) is 0.0276. The molecule has 2 aromatic rings.